The molecule has 8 nitrogen and oxygen atoms in total. The molecule has 1 fully saturated rings. The fraction of sp³-hybridized carbons (Fsp3) is 0.600. The number of rotatable bonds is 2. The molecule has 0 saturated carbocycles. The fourth-order valence-corrected chi connectivity index (χ4v) is 1.90. The summed E-state index contributed by atoms with van der Waals surface area (Å²) < 4.78 is 5.29. The number of aryl methyl sites for hydroxylation is 1. The minimum atomic E-state index is -0.683. The molecule has 2 rings (SSSR count). The van der Waals surface area contributed by atoms with Crippen molar-refractivity contribution in [3.63, 3.8) is 0 Å². The van der Waals surface area contributed by atoms with Crippen LogP contribution in [0.4, 0.5) is 11.6 Å². The maximum Gasteiger partial charge on any atom is 0.351 e. The van der Waals surface area contributed by atoms with E-state index in [9.17, 15) is 15.2 Å². The zero-order valence-electron chi connectivity index (χ0n) is 10.2. The maximum absolute atomic E-state index is 10.7. The molecule has 1 aliphatic rings. The summed E-state index contributed by atoms with van der Waals surface area (Å²) in [5.41, 5.74) is -0.291. The number of anilines is 1. The number of hydrogen-bond acceptors (Lipinski definition) is 7. The van der Waals surface area contributed by atoms with E-state index >= 15 is 0 Å². The Labute approximate surface area is 103 Å². The highest BCUT2D eigenvalue weighted by Gasteiger charge is 2.27. The van der Waals surface area contributed by atoms with Crippen LogP contribution in [0.5, 0.6) is 5.88 Å². The Kier molecular flexibility index (Phi) is 3.28. The first kappa shape index (κ1) is 12.5. The minimum Gasteiger partial charge on any atom is -0.488 e. The average molecular weight is 254 g/mol. The molecule has 0 bridgehead atoms. The first-order chi connectivity index (χ1) is 8.50. The van der Waals surface area contributed by atoms with E-state index in [1.165, 1.54) is 6.92 Å². The summed E-state index contributed by atoms with van der Waals surface area (Å²) in [5.74, 6) is -0.299. The van der Waals surface area contributed by atoms with Gasteiger partial charge in [0.15, 0.2) is 0 Å². The van der Waals surface area contributed by atoms with E-state index in [-0.39, 0.29) is 11.7 Å². The number of aromatic nitrogens is 2. The molecule has 18 heavy (non-hydrogen) atoms. The third-order valence-corrected chi connectivity index (χ3v) is 2.84. The number of nitrogens with zero attached hydrogens (tertiary/aromatic N) is 4. The number of nitro groups is 1. The molecule has 98 valence electrons. The standard InChI is InChI=1S/C10H14N4O4/c1-6-5-18-4-3-13(6)10-11-7(2)8(14(16)17)9(15)12-10/h6H,3-5H2,1-2H3,(H,11,12,15)/t6-/m0/s1. The first-order valence-corrected chi connectivity index (χ1v) is 5.57. The lowest BCUT2D eigenvalue weighted by Gasteiger charge is -2.33. The number of aromatic hydroxyl groups is 1. The molecular weight excluding hydrogens is 240 g/mol. The van der Waals surface area contributed by atoms with Crippen LogP contribution in [0.15, 0.2) is 0 Å². The highest BCUT2D eigenvalue weighted by molar-refractivity contribution is 5.49. The topological polar surface area (TPSA) is 102 Å². The van der Waals surface area contributed by atoms with Crippen LogP contribution in [-0.2, 0) is 4.74 Å². The van der Waals surface area contributed by atoms with Crippen molar-refractivity contribution in [3.8, 4) is 5.88 Å². The van der Waals surface area contributed by atoms with Gasteiger partial charge in [0.1, 0.15) is 5.69 Å². The van der Waals surface area contributed by atoms with Crippen LogP contribution in [-0.4, -0.2) is 45.8 Å². The predicted molar refractivity (Wildman–Crippen MR) is 62.7 cm³/mol. The summed E-state index contributed by atoms with van der Waals surface area (Å²) in [6.45, 7) is 5.10. The van der Waals surface area contributed by atoms with E-state index in [2.05, 4.69) is 9.97 Å². The molecule has 0 aromatic carbocycles. The molecule has 0 spiro atoms. The molecule has 0 radical (unpaired) electrons. The number of morpholine rings is 1. The molecule has 1 saturated heterocycles. The maximum atomic E-state index is 10.7. The molecule has 1 aromatic rings. The van der Waals surface area contributed by atoms with E-state index in [0.717, 1.165) is 0 Å². The minimum absolute atomic E-state index is 0.0685. The van der Waals surface area contributed by atoms with Crippen molar-refractivity contribution in [3.05, 3.63) is 15.8 Å². The van der Waals surface area contributed by atoms with Crippen LogP contribution in [0.3, 0.4) is 0 Å². The van der Waals surface area contributed by atoms with Gasteiger partial charge in [0.25, 0.3) is 5.88 Å². The summed E-state index contributed by atoms with van der Waals surface area (Å²) in [7, 11) is 0. The van der Waals surface area contributed by atoms with Gasteiger partial charge in [0.2, 0.25) is 5.95 Å². The van der Waals surface area contributed by atoms with Crippen LogP contribution in [0.2, 0.25) is 0 Å². The highest BCUT2D eigenvalue weighted by atomic mass is 16.6. The smallest absolute Gasteiger partial charge is 0.351 e. The van der Waals surface area contributed by atoms with Gasteiger partial charge in [-0.05, 0) is 13.8 Å². The van der Waals surface area contributed by atoms with Gasteiger partial charge in [-0.15, -0.1) is 0 Å². The SMILES string of the molecule is Cc1nc(N2CCOC[C@@H]2C)nc(O)c1[N+](=O)[O-]. The second-order valence-corrected chi connectivity index (χ2v) is 4.16. The Hall–Kier alpha value is -1.96. The monoisotopic (exact) mass is 254 g/mol. The molecule has 2 heterocycles. The van der Waals surface area contributed by atoms with Crippen molar-refractivity contribution in [2.45, 2.75) is 19.9 Å². The lowest BCUT2D eigenvalue weighted by molar-refractivity contribution is -0.387. The van der Waals surface area contributed by atoms with Gasteiger partial charge in [0, 0.05) is 6.54 Å². The van der Waals surface area contributed by atoms with E-state index in [1.54, 1.807) is 0 Å². The van der Waals surface area contributed by atoms with E-state index in [4.69, 9.17) is 4.74 Å². The summed E-state index contributed by atoms with van der Waals surface area (Å²) in [6, 6.07) is 0.0685. The summed E-state index contributed by atoms with van der Waals surface area (Å²) >= 11 is 0. The van der Waals surface area contributed by atoms with Gasteiger partial charge in [0.05, 0.1) is 24.2 Å². The third-order valence-electron chi connectivity index (χ3n) is 2.84. The van der Waals surface area contributed by atoms with Crippen molar-refractivity contribution in [2.24, 2.45) is 0 Å². The fourth-order valence-electron chi connectivity index (χ4n) is 1.90. The quantitative estimate of drug-likeness (QED) is 0.609. The van der Waals surface area contributed by atoms with Crippen molar-refractivity contribution in [1.82, 2.24) is 9.97 Å². The molecule has 0 aliphatic carbocycles. The van der Waals surface area contributed by atoms with E-state index in [1.807, 2.05) is 11.8 Å². The normalized spacial score (nSPS) is 19.9. The van der Waals surface area contributed by atoms with Crippen LogP contribution in [0.25, 0.3) is 0 Å². The summed E-state index contributed by atoms with van der Waals surface area (Å²) in [5, 5.41) is 20.3. The Morgan fingerprint density at radius 1 is 1.56 bits per heavy atom. The molecule has 0 unspecified atom stereocenters. The Morgan fingerprint density at radius 2 is 2.28 bits per heavy atom. The van der Waals surface area contributed by atoms with Gasteiger partial charge >= 0.3 is 5.69 Å². The number of ether oxygens (including phenoxy) is 1. The van der Waals surface area contributed by atoms with Crippen LogP contribution in [0.1, 0.15) is 12.6 Å². The molecule has 1 aliphatic heterocycles. The molecule has 1 aromatic heterocycles. The average Bonchev–Trinajstić information content (AvgIpc) is 2.27. The largest absolute Gasteiger partial charge is 0.488 e. The number of hydrogen-bond donors (Lipinski definition) is 1. The van der Waals surface area contributed by atoms with Crippen molar-refractivity contribution in [1.29, 1.82) is 0 Å². The molecular formula is C10H14N4O4. The Bertz CT molecular complexity index is 456. The zero-order valence-corrected chi connectivity index (χ0v) is 10.2. The molecule has 1 N–H and O–H groups in total. The van der Waals surface area contributed by atoms with Gasteiger partial charge in [-0.1, -0.05) is 0 Å². The van der Waals surface area contributed by atoms with Crippen molar-refractivity contribution in [2.75, 3.05) is 24.7 Å². The summed E-state index contributed by atoms with van der Waals surface area (Å²) in [6.07, 6.45) is 0. The lowest BCUT2D eigenvalue weighted by atomic mass is 10.2. The zero-order chi connectivity index (χ0) is 13.3. The molecule has 1 atom stereocenters. The van der Waals surface area contributed by atoms with Crippen molar-refractivity contribution < 1.29 is 14.8 Å². The van der Waals surface area contributed by atoms with Crippen molar-refractivity contribution >= 4 is 11.6 Å². The van der Waals surface area contributed by atoms with Gasteiger partial charge in [-0.2, -0.15) is 4.98 Å². The van der Waals surface area contributed by atoms with Crippen LogP contribution in [0, 0.1) is 17.0 Å². The lowest BCUT2D eigenvalue weighted by Crippen LogP contribution is -2.44. The van der Waals surface area contributed by atoms with Gasteiger partial charge in [-0.25, -0.2) is 4.98 Å². The van der Waals surface area contributed by atoms with E-state index < -0.39 is 16.5 Å². The Morgan fingerprint density at radius 3 is 2.83 bits per heavy atom. The molecule has 8 heteroatoms. The van der Waals surface area contributed by atoms with Crippen LogP contribution < -0.4 is 4.90 Å². The second kappa shape index (κ2) is 4.73. The summed E-state index contributed by atoms with van der Waals surface area (Å²) in [4.78, 5) is 19.8. The van der Waals surface area contributed by atoms with Gasteiger partial charge < -0.3 is 14.7 Å². The predicted octanol–water partition coefficient (Wildman–Crippen LogP) is 0.624. The van der Waals surface area contributed by atoms with Crippen LogP contribution >= 0.6 is 0 Å². The highest BCUT2D eigenvalue weighted by Crippen LogP contribution is 2.29. The molecule has 0 amide bonds. The first-order valence-electron chi connectivity index (χ1n) is 5.57. The second-order valence-electron chi connectivity index (χ2n) is 4.16. The van der Waals surface area contributed by atoms with Gasteiger partial charge in [-0.3, -0.25) is 10.1 Å². The third kappa shape index (κ3) is 2.19. The Balaban J connectivity index is 2.38. The van der Waals surface area contributed by atoms with E-state index in [0.29, 0.717) is 25.7 Å².